The van der Waals surface area contributed by atoms with E-state index < -0.39 is 0 Å². The molecule has 0 aliphatic carbocycles. The molecule has 1 unspecified atom stereocenters. The normalized spacial score (nSPS) is 12.1. The average Bonchev–Trinajstić information content (AvgIpc) is 2.17. The van der Waals surface area contributed by atoms with E-state index >= 15 is 0 Å². The smallest absolute Gasteiger partial charge is 0.0633 e. The molecule has 0 spiro atoms. The third-order valence-corrected chi connectivity index (χ3v) is 3.44. The van der Waals surface area contributed by atoms with Gasteiger partial charge in [0.15, 0.2) is 0 Å². The van der Waals surface area contributed by atoms with E-state index in [2.05, 4.69) is 13.0 Å². The van der Waals surface area contributed by atoms with E-state index in [-0.39, 0.29) is 0 Å². The molecule has 1 aromatic carbocycles. The van der Waals surface area contributed by atoms with Crippen LogP contribution in [0.15, 0.2) is 24.3 Å². The fraction of sp³-hybridized carbons (Fsp3) is 0.364. The Bertz CT molecular complexity index is 332. The highest BCUT2D eigenvalue weighted by Gasteiger charge is 2.04. The molecule has 0 saturated heterocycles. The van der Waals surface area contributed by atoms with Crippen molar-refractivity contribution in [1.29, 1.82) is 5.26 Å². The maximum atomic E-state index is 8.50. The third kappa shape index (κ3) is 3.61. The van der Waals surface area contributed by atoms with Crippen LogP contribution in [-0.2, 0) is 5.75 Å². The van der Waals surface area contributed by atoms with Crippen molar-refractivity contribution in [3.8, 4) is 6.07 Å². The van der Waals surface area contributed by atoms with Crippen molar-refractivity contribution in [2.75, 3.05) is 0 Å². The fourth-order valence-corrected chi connectivity index (χ4v) is 2.22. The lowest BCUT2D eigenvalue weighted by atomic mass is 10.2. The maximum absolute atomic E-state index is 8.50. The van der Waals surface area contributed by atoms with Crippen molar-refractivity contribution < 1.29 is 0 Å². The molecule has 0 bridgehead atoms. The van der Waals surface area contributed by atoms with Crippen LogP contribution in [0.5, 0.6) is 0 Å². The second-order valence-electron chi connectivity index (χ2n) is 3.08. The first-order valence-electron chi connectivity index (χ1n) is 4.46. The number of nitrogens with zero attached hydrogens (tertiary/aromatic N) is 1. The first-order valence-corrected chi connectivity index (χ1v) is 5.88. The number of hydrogen-bond acceptors (Lipinski definition) is 2. The lowest BCUT2D eigenvalue weighted by Gasteiger charge is -2.07. The Labute approximate surface area is 94.1 Å². The highest BCUT2D eigenvalue weighted by atomic mass is 35.5. The lowest BCUT2D eigenvalue weighted by Crippen LogP contribution is -1.95. The van der Waals surface area contributed by atoms with Gasteiger partial charge in [-0.1, -0.05) is 36.7 Å². The molecule has 1 aromatic rings. The van der Waals surface area contributed by atoms with Gasteiger partial charge in [0.2, 0.25) is 0 Å². The van der Waals surface area contributed by atoms with E-state index in [1.165, 1.54) is 0 Å². The highest BCUT2D eigenvalue weighted by Crippen LogP contribution is 2.24. The standard InChI is InChI=1S/C11H12ClNS/c1-9(6-7-13)14-8-10-4-2-3-5-11(10)12/h2-5,9H,6,8H2,1H3. The third-order valence-electron chi connectivity index (χ3n) is 1.86. The summed E-state index contributed by atoms with van der Waals surface area (Å²) in [5.74, 6) is 0.878. The van der Waals surface area contributed by atoms with Gasteiger partial charge in [0, 0.05) is 22.4 Å². The quantitative estimate of drug-likeness (QED) is 0.777. The summed E-state index contributed by atoms with van der Waals surface area (Å²) in [6.07, 6.45) is 0.592. The molecule has 0 aromatic heterocycles. The second-order valence-corrected chi connectivity index (χ2v) is 4.91. The van der Waals surface area contributed by atoms with Crippen LogP contribution in [0.3, 0.4) is 0 Å². The van der Waals surface area contributed by atoms with Crippen molar-refractivity contribution in [3.05, 3.63) is 34.9 Å². The molecule has 0 radical (unpaired) electrons. The van der Waals surface area contributed by atoms with E-state index in [9.17, 15) is 0 Å². The monoisotopic (exact) mass is 225 g/mol. The zero-order valence-electron chi connectivity index (χ0n) is 8.03. The summed E-state index contributed by atoms with van der Waals surface area (Å²) in [5, 5.41) is 9.68. The Kier molecular flexibility index (Phi) is 4.86. The molecule has 1 rings (SSSR count). The van der Waals surface area contributed by atoms with Gasteiger partial charge in [-0.15, -0.1) is 0 Å². The highest BCUT2D eigenvalue weighted by molar-refractivity contribution is 7.99. The van der Waals surface area contributed by atoms with Crippen molar-refractivity contribution >= 4 is 23.4 Å². The number of benzene rings is 1. The van der Waals surface area contributed by atoms with Gasteiger partial charge in [0.1, 0.15) is 0 Å². The molecular weight excluding hydrogens is 214 g/mol. The number of nitriles is 1. The van der Waals surface area contributed by atoms with Crippen LogP contribution in [0.1, 0.15) is 18.9 Å². The van der Waals surface area contributed by atoms with Crippen LogP contribution in [0.4, 0.5) is 0 Å². The van der Waals surface area contributed by atoms with Crippen molar-refractivity contribution in [2.45, 2.75) is 24.3 Å². The zero-order chi connectivity index (χ0) is 10.4. The maximum Gasteiger partial charge on any atom is 0.0633 e. The van der Waals surface area contributed by atoms with Crippen molar-refractivity contribution in [2.24, 2.45) is 0 Å². The van der Waals surface area contributed by atoms with Crippen LogP contribution in [0.2, 0.25) is 5.02 Å². The van der Waals surface area contributed by atoms with Gasteiger partial charge < -0.3 is 0 Å². The minimum Gasteiger partial charge on any atom is -0.198 e. The van der Waals surface area contributed by atoms with E-state index in [4.69, 9.17) is 16.9 Å². The van der Waals surface area contributed by atoms with Gasteiger partial charge >= 0.3 is 0 Å². The van der Waals surface area contributed by atoms with Crippen LogP contribution >= 0.6 is 23.4 Å². The van der Waals surface area contributed by atoms with Gasteiger partial charge in [-0.05, 0) is 11.6 Å². The molecule has 3 heteroatoms. The minimum atomic E-state index is 0.372. The zero-order valence-corrected chi connectivity index (χ0v) is 9.61. The van der Waals surface area contributed by atoms with Crippen LogP contribution in [0.25, 0.3) is 0 Å². The molecule has 0 aliphatic rings. The number of thioether (sulfide) groups is 1. The Hall–Kier alpha value is -0.650. The Balaban J connectivity index is 2.46. The molecule has 0 N–H and O–H groups in total. The molecule has 0 fully saturated rings. The van der Waals surface area contributed by atoms with Crippen LogP contribution in [-0.4, -0.2) is 5.25 Å². The molecule has 0 amide bonds. The van der Waals surface area contributed by atoms with E-state index in [1.807, 2.05) is 24.3 Å². The molecule has 0 saturated carbocycles. The summed E-state index contributed by atoms with van der Waals surface area (Å²) in [7, 11) is 0. The topological polar surface area (TPSA) is 23.8 Å². The molecule has 74 valence electrons. The summed E-state index contributed by atoms with van der Waals surface area (Å²) in [4.78, 5) is 0. The van der Waals surface area contributed by atoms with E-state index in [0.29, 0.717) is 11.7 Å². The first kappa shape index (κ1) is 11.4. The molecule has 1 atom stereocenters. The van der Waals surface area contributed by atoms with Gasteiger partial charge in [-0.2, -0.15) is 17.0 Å². The number of halogens is 1. The van der Waals surface area contributed by atoms with Gasteiger partial charge in [-0.3, -0.25) is 0 Å². The van der Waals surface area contributed by atoms with Gasteiger partial charge in [-0.25, -0.2) is 0 Å². The minimum absolute atomic E-state index is 0.372. The van der Waals surface area contributed by atoms with Crippen LogP contribution in [0, 0.1) is 11.3 Å². The number of hydrogen-bond donors (Lipinski definition) is 0. The predicted molar refractivity (Wildman–Crippen MR) is 62.4 cm³/mol. The van der Waals surface area contributed by atoms with Gasteiger partial charge in [0.05, 0.1) is 6.07 Å². The Morgan fingerprint density at radius 2 is 2.21 bits per heavy atom. The second kappa shape index (κ2) is 5.95. The summed E-state index contributed by atoms with van der Waals surface area (Å²) in [6.45, 7) is 2.06. The molecule has 0 heterocycles. The summed E-state index contributed by atoms with van der Waals surface area (Å²) < 4.78 is 0. The van der Waals surface area contributed by atoms with E-state index in [0.717, 1.165) is 16.3 Å². The first-order chi connectivity index (χ1) is 6.74. The Morgan fingerprint density at radius 1 is 1.50 bits per heavy atom. The summed E-state index contributed by atoms with van der Waals surface area (Å²) >= 11 is 7.77. The van der Waals surface area contributed by atoms with Crippen molar-refractivity contribution in [3.63, 3.8) is 0 Å². The summed E-state index contributed by atoms with van der Waals surface area (Å²) in [6, 6.07) is 9.99. The molecule has 1 nitrogen and oxygen atoms in total. The van der Waals surface area contributed by atoms with E-state index in [1.54, 1.807) is 11.8 Å². The summed E-state index contributed by atoms with van der Waals surface area (Å²) in [5.41, 5.74) is 1.14. The largest absolute Gasteiger partial charge is 0.198 e. The SMILES string of the molecule is CC(CC#N)SCc1ccccc1Cl. The molecule has 0 aliphatic heterocycles. The van der Waals surface area contributed by atoms with Crippen molar-refractivity contribution in [1.82, 2.24) is 0 Å². The average molecular weight is 226 g/mol. The lowest BCUT2D eigenvalue weighted by molar-refractivity contribution is 0.989. The Morgan fingerprint density at radius 3 is 2.86 bits per heavy atom. The number of rotatable bonds is 4. The fourth-order valence-electron chi connectivity index (χ4n) is 1.03. The van der Waals surface area contributed by atoms with Crippen LogP contribution < -0.4 is 0 Å². The molecular formula is C11H12ClNS. The predicted octanol–water partition coefficient (Wildman–Crippen LogP) is 3.88. The van der Waals surface area contributed by atoms with Gasteiger partial charge in [0.25, 0.3) is 0 Å². The molecule has 14 heavy (non-hydrogen) atoms.